The zero-order chi connectivity index (χ0) is 12.8. The molecule has 0 saturated carbocycles. The van der Waals surface area contributed by atoms with Crippen molar-refractivity contribution in [2.45, 2.75) is 25.7 Å². The summed E-state index contributed by atoms with van der Waals surface area (Å²) in [6, 6.07) is 0. The van der Waals surface area contributed by atoms with Crippen LogP contribution in [0, 0.1) is 5.41 Å². The average Bonchev–Trinajstić information content (AvgIpc) is 2.41. The van der Waals surface area contributed by atoms with Gasteiger partial charge in [0.2, 0.25) is 5.88 Å². The highest BCUT2D eigenvalue weighted by Crippen LogP contribution is 2.36. The highest BCUT2D eigenvalue weighted by molar-refractivity contribution is 5.75. The van der Waals surface area contributed by atoms with Crippen molar-refractivity contribution in [1.29, 1.82) is 0 Å². The molecule has 0 spiro atoms. The Morgan fingerprint density at radius 3 is 2.94 bits per heavy atom. The van der Waals surface area contributed by atoms with E-state index in [0.717, 1.165) is 6.42 Å². The summed E-state index contributed by atoms with van der Waals surface area (Å²) in [5.74, 6) is -0.306. The predicted molar refractivity (Wildman–Crippen MR) is 65.2 cm³/mol. The molecule has 0 aliphatic heterocycles. The zero-order valence-electron chi connectivity index (χ0n) is 10.1. The standard InChI is InChI=1S/C13H16N2O3/c16-12(17)13(4-2-1-3-5-13)6-9-18-11-10-14-7-8-15-11/h1-2,7-8,10H,3-6,9H2,(H,16,17). The molecule has 1 unspecified atom stereocenters. The van der Waals surface area contributed by atoms with Crippen LogP contribution in [0.4, 0.5) is 0 Å². The lowest BCUT2D eigenvalue weighted by atomic mass is 9.75. The third-order valence-corrected chi connectivity index (χ3v) is 3.29. The largest absolute Gasteiger partial charge is 0.481 e. The second kappa shape index (κ2) is 5.62. The monoisotopic (exact) mass is 248 g/mol. The number of hydrogen-bond acceptors (Lipinski definition) is 4. The van der Waals surface area contributed by atoms with Gasteiger partial charge in [-0.3, -0.25) is 9.78 Å². The lowest BCUT2D eigenvalue weighted by Crippen LogP contribution is -2.33. The summed E-state index contributed by atoms with van der Waals surface area (Å²) in [6.45, 7) is 0.346. The summed E-state index contributed by atoms with van der Waals surface area (Å²) in [4.78, 5) is 19.3. The lowest BCUT2D eigenvalue weighted by molar-refractivity contribution is -0.150. The van der Waals surface area contributed by atoms with Gasteiger partial charge in [0.15, 0.2) is 0 Å². The van der Waals surface area contributed by atoms with Gasteiger partial charge in [-0.05, 0) is 25.7 Å². The van der Waals surface area contributed by atoms with Crippen LogP contribution in [0.5, 0.6) is 5.88 Å². The Kier molecular flexibility index (Phi) is 3.92. The number of aromatic nitrogens is 2. The molecule has 0 aromatic carbocycles. The molecule has 96 valence electrons. The summed E-state index contributed by atoms with van der Waals surface area (Å²) >= 11 is 0. The fraction of sp³-hybridized carbons (Fsp3) is 0.462. The Hall–Kier alpha value is -1.91. The zero-order valence-corrected chi connectivity index (χ0v) is 10.1. The van der Waals surface area contributed by atoms with Gasteiger partial charge >= 0.3 is 5.97 Å². The number of hydrogen-bond donors (Lipinski definition) is 1. The molecule has 0 amide bonds. The second-order valence-electron chi connectivity index (χ2n) is 4.44. The average molecular weight is 248 g/mol. The highest BCUT2D eigenvalue weighted by Gasteiger charge is 2.37. The molecule has 0 bridgehead atoms. The van der Waals surface area contributed by atoms with Crippen LogP contribution >= 0.6 is 0 Å². The van der Waals surface area contributed by atoms with Crippen LogP contribution < -0.4 is 4.74 Å². The molecule has 1 aliphatic rings. The predicted octanol–water partition coefficient (Wildman–Crippen LogP) is 2.06. The van der Waals surface area contributed by atoms with Gasteiger partial charge in [0.1, 0.15) is 0 Å². The first-order valence-electron chi connectivity index (χ1n) is 6.00. The van der Waals surface area contributed by atoms with Crippen molar-refractivity contribution in [3.05, 3.63) is 30.7 Å². The molecular weight excluding hydrogens is 232 g/mol. The van der Waals surface area contributed by atoms with E-state index >= 15 is 0 Å². The molecule has 1 aromatic heterocycles. The maximum Gasteiger partial charge on any atom is 0.310 e. The first kappa shape index (κ1) is 12.5. The molecule has 2 rings (SSSR count). The van der Waals surface area contributed by atoms with Gasteiger partial charge in [-0.15, -0.1) is 0 Å². The van der Waals surface area contributed by atoms with Crippen molar-refractivity contribution in [3.8, 4) is 5.88 Å². The van der Waals surface area contributed by atoms with E-state index in [-0.39, 0.29) is 0 Å². The molecule has 0 saturated heterocycles. The van der Waals surface area contributed by atoms with E-state index in [2.05, 4.69) is 9.97 Å². The van der Waals surface area contributed by atoms with E-state index in [1.807, 2.05) is 12.2 Å². The van der Waals surface area contributed by atoms with Gasteiger partial charge in [0.05, 0.1) is 18.2 Å². The number of ether oxygens (including phenoxy) is 1. The van der Waals surface area contributed by atoms with E-state index in [9.17, 15) is 9.90 Å². The Balaban J connectivity index is 1.91. The molecular formula is C13H16N2O3. The van der Waals surface area contributed by atoms with Gasteiger partial charge in [-0.1, -0.05) is 12.2 Å². The van der Waals surface area contributed by atoms with Gasteiger partial charge in [-0.25, -0.2) is 4.98 Å². The Bertz CT molecular complexity index is 433. The molecule has 1 aromatic rings. The van der Waals surface area contributed by atoms with E-state index in [1.165, 1.54) is 6.20 Å². The molecule has 18 heavy (non-hydrogen) atoms. The summed E-state index contributed by atoms with van der Waals surface area (Å²) in [5.41, 5.74) is -0.684. The SMILES string of the molecule is O=C(O)C1(CCOc2cnccn2)CC=CCC1. The quantitative estimate of drug-likeness (QED) is 0.807. The number of allylic oxidation sites excluding steroid dienone is 2. The minimum Gasteiger partial charge on any atom is -0.481 e. The fourth-order valence-electron chi connectivity index (χ4n) is 2.13. The smallest absolute Gasteiger partial charge is 0.310 e. The van der Waals surface area contributed by atoms with Crippen LogP contribution in [0.25, 0.3) is 0 Å². The second-order valence-corrected chi connectivity index (χ2v) is 4.44. The van der Waals surface area contributed by atoms with Crippen LogP contribution in [-0.4, -0.2) is 27.7 Å². The van der Waals surface area contributed by atoms with Crippen molar-refractivity contribution < 1.29 is 14.6 Å². The number of carboxylic acid groups (broad SMARTS) is 1. The number of carboxylic acids is 1. The first-order valence-corrected chi connectivity index (χ1v) is 6.00. The summed E-state index contributed by atoms with van der Waals surface area (Å²) in [6.07, 6.45) is 11.2. The molecule has 0 fully saturated rings. The first-order chi connectivity index (χ1) is 8.73. The minimum atomic E-state index is -0.741. The minimum absolute atomic E-state index is 0.346. The maximum absolute atomic E-state index is 11.4. The van der Waals surface area contributed by atoms with Gasteiger partial charge in [-0.2, -0.15) is 0 Å². The number of carbonyl (C=O) groups is 1. The Labute approximate surface area is 106 Å². The van der Waals surface area contributed by atoms with Crippen molar-refractivity contribution in [1.82, 2.24) is 9.97 Å². The Morgan fingerprint density at radius 2 is 2.33 bits per heavy atom. The van der Waals surface area contributed by atoms with Crippen molar-refractivity contribution in [3.63, 3.8) is 0 Å². The van der Waals surface area contributed by atoms with Crippen LogP contribution in [0.15, 0.2) is 30.7 Å². The normalized spacial score (nSPS) is 22.7. The third kappa shape index (κ3) is 2.85. The van der Waals surface area contributed by atoms with Gasteiger partial charge in [0, 0.05) is 12.4 Å². The third-order valence-electron chi connectivity index (χ3n) is 3.29. The van der Waals surface area contributed by atoms with E-state index in [1.54, 1.807) is 12.4 Å². The molecule has 5 heteroatoms. The summed E-state index contributed by atoms with van der Waals surface area (Å²) < 4.78 is 5.42. The van der Waals surface area contributed by atoms with Crippen molar-refractivity contribution in [2.75, 3.05) is 6.61 Å². The molecule has 5 nitrogen and oxygen atoms in total. The molecule has 1 heterocycles. The lowest BCUT2D eigenvalue weighted by Gasteiger charge is -2.30. The van der Waals surface area contributed by atoms with Gasteiger partial charge < -0.3 is 9.84 Å². The number of nitrogens with zero attached hydrogens (tertiary/aromatic N) is 2. The number of rotatable bonds is 5. The highest BCUT2D eigenvalue weighted by atomic mass is 16.5. The van der Waals surface area contributed by atoms with Crippen molar-refractivity contribution >= 4 is 5.97 Å². The molecule has 0 radical (unpaired) electrons. The maximum atomic E-state index is 11.4. The summed E-state index contributed by atoms with van der Waals surface area (Å²) in [7, 11) is 0. The van der Waals surface area contributed by atoms with Crippen LogP contribution in [0.2, 0.25) is 0 Å². The topological polar surface area (TPSA) is 72.3 Å². The fourth-order valence-corrected chi connectivity index (χ4v) is 2.13. The van der Waals surface area contributed by atoms with Gasteiger partial charge in [0.25, 0.3) is 0 Å². The van der Waals surface area contributed by atoms with E-state index in [4.69, 9.17) is 4.74 Å². The van der Waals surface area contributed by atoms with Crippen LogP contribution in [0.3, 0.4) is 0 Å². The summed E-state index contributed by atoms with van der Waals surface area (Å²) in [5, 5.41) is 9.37. The van der Waals surface area contributed by atoms with E-state index in [0.29, 0.717) is 31.7 Å². The number of aliphatic carboxylic acids is 1. The molecule has 1 N–H and O–H groups in total. The van der Waals surface area contributed by atoms with E-state index < -0.39 is 11.4 Å². The van der Waals surface area contributed by atoms with Crippen LogP contribution in [0.1, 0.15) is 25.7 Å². The Morgan fingerprint density at radius 1 is 1.44 bits per heavy atom. The molecule has 1 atom stereocenters. The van der Waals surface area contributed by atoms with Crippen molar-refractivity contribution in [2.24, 2.45) is 5.41 Å². The van der Waals surface area contributed by atoms with Crippen LogP contribution in [-0.2, 0) is 4.79 Å². The molecule has 1 aliphatic carbocycles.